The fourth-order valence-electron chi connectivity index (χ4n) is 1.79. The van der Waals surface area contributed by atoms with E-state index in [0.717, 1.165) is 11.8 Å². The molecule has 0 aromatic carbocycles. The second-order valence-corrected chi connectivity index (χ2v) is 4.38. The van der Waals surface area contributed by atoms with E-state index in [-0.39, 0.29) is 5.54 Å². The van der Waals surface area contributed by atoms with Gasteiger partial charge in [0.15, 0.2) is 0 Å². The molecule has 0 radical (unpaired) electrons. The van der Waals surface area contributed by atoms with Crippen LogP contribution in [0.25, 0.3) is 0 Å². The van der Waals surface area contributed by atoms with Gasteiger partial charge in [0.1, 0.15) is 0 Å². The highest BCUT2D eigenvalue weighted by Crippen LogP contribution is 2.40. The first kappa shape index (κ1) is 8.06. The molecule has 1 aliphatic rings. The summed E-state index contributed by atoms with van der Waals surface area (Å²) >= 11 is 0. The number of nitrogens with two attached hydrogens (primary N) is 1. The lowest BCUT2D eigenvalue weighted by Crippen LogP contribution is -2.39. The molecule has 1 nitrogen and oxygen atoms in total. The molecule has 0 saturated heterocycles. The van der Waals surface area contributed by atoms with E-state index in [9.17, 15) is 0 Å². The van der Waals surface area contributed by atoms with E-state index in [4.69, 9.17) is 5.73 Å². The van der Waals surface area contributed by atoms with Crippen LogP contribution in [-0.4, -0.2) is 5.54 Å². The summed E-state index contributed by atoms with van der Waals surface area (Å²) in [5, 5.41) is 0. The molecule has 1 aliphatic carbocycles. The van der Waals surface area contributed by atoms with E-state index in [1.165, 1.54) is 19.3 Å². The molecule has 0 aliphatic heterocycles. The predicted molar refractivity (Wildman–Crippen MR) is 44.8 cm³/mol. The Morgan fingerprint density at radius 3 is 2.30 bits per heavy atom. The molecule has 10 heavy (non-hydrogen) atoms. The van der Waals surface area contributed by atoms with Gasteiger partial charge in [-0.2, -0.15) is 0 Å². The summed E-state index contributed by atoms with van der Waals surface area (Å²) < 4.78 is 0. The minimum Gasteiger partial charge on any atom is -0.325 e. The van der Waals surface area contributed by atoms with E-state index in [2.05, 4.69) is 20.8 Å². The summed E-state index contributed by atoms with van der Waals surface area (Å²) in [7, 11) is 0. The highest BCUT2D eigenvalue weighted by Gasteiger charge is 2.38. The molecule has 1 heteroatoms. The van der Waals surface area contributed by atoms with Crippen LogP contribution in [-0.2, 0) is 0 Å². The van der Waals surface area contributed by atoms with Crippen molar-refractivity contribution in [3.8, 4) is 0 Å². The SMILES string of the molecule is CC(C)CC(C)(N)C1CC1. The van der Waals surface area contributed by atoms with Crippen molar-refractivity contribution in [2.75, 3.05) is 0 Å². The molecule has 1 fully saturated rings. The van der Waals surface area contributed by atoms with Crippen LogP contribution in [0.3, 0.4) is 0 Å². The van der Waals surface area contributed by atoms with Gasteiger partial charge in [-0.05, 0) is 38.0 Å². The zero-order valence-corrected chi connectivity index (χ0v) is 7.35. The van der Waals surface area contributed by atoms with E-state index < -0.39 is 0 Å². The first-order valence-electron chi connectivity index (χ1n) is 4.31. The lowest BCUT2D eigenvalue weighted by molar-refractivity contribution is 0.329. The fraction of sp³-hybridized carbons (Fsp3) is 1.00. The van der Waals surface area contributed by atoms with Crippen molar-refractivity contribution in [2.24, 2.45) is 17.6 Å². The maximum Gasteiger partial charge on any atom is 0.0156 e. The Balaban J connectivity index is 2.34. The second kappa shape index (κ2) is 2.54. The summed E-state index contributed by atoms with van der Waals surface area (Å²) in [6.07, 6.45) is 3.90. The third-order valence-corrected chi connectivity index (χ3v) is 2.36. The molecule has 0 aromatic heterocycles. The number of hydrogen-bond acceptors (Lipinski definition) is 1. The van der Waals surface area contributed by atoms with Gasteiger partial charge in [-0.15, -0.1) is 0 Å². The first-order valence-corrected chi connectivity index (χ1v) is 4.31. The van der Waals surface area contributed by atoms with Gasteiger partial charge in [0.25, 0.3) is 0 Å². The quantitative estimate of drug-likeness (QED) is 0.640. The third-order valence-electron chi connectivity index (χ3n) is 2.36. The first-order chi connectivity index (χ1) is 4.52. The maximum absolute atomic E-state index is 6.12. The van der Waals surface area contributed by atoms with Gasteiger partial charge >= 0.3 is 0 Å². The molecular weight excluding hydrogens is 122 g/mol. The van der Waals surface area contributed by atoms with E-state index >= 15 is 0 Å². The molecule has 60 valence electrons. The van der Waals surface area contributed by atoms with Gasteiger partial charge in [0.2, 0.25) is 0 Å². The lowest BCUT2D eigenvalue weighted by atomic mass is 9.87. The maximum atomic E-state index is 6.12. The van der Waals surface area contributed by atoms with Crippen molar-refractivity contribution in [1.82, 2.24) is 0 Å². The summed E-state index contributed by atoms with van der Waals surface area (Å²) in [6.45, 7) is 6.69. The van der Waals surface area contributed by atoms with Crippen molar-refractivity contribution < 1.29 is 0 Å². The molecule has 0 bridgehead atoms. The van der Waals surface area contributed by atoms with Crippen LogP contribution in [0.5, 0.6) is 0 Å². The standard InChI is InChI=1S/C9H19N/c1-7(2)6-9(3,10)8-4-5-8/h7-8H,4-6,10H2,1-3H3. The molecule has 1 saturated carbocycles. The average molecular weight is 141 g/mol. The zero-order valence-electron chi connectivity index (χ0n) is 7.35. The molecule has 0 spiro atoms. The van der Waals surface area contributed by atoms with Crippen LogP contribution < -0.4 is 5.73 Å². The van der Waals surface area contributed by atoms with Crippen LogP contribution >= 0.6 is 0 Å². The van der Waals surface area contributed by atoms with Crippen LogP contribution in [0.2, 0.25) is 0 Å². The molecule has 0 heterocycles. The Kier molecular flexibility index (Phi) is 2.04. The molecule has 2 N–H and O–H groups in total. The Labute approximate surface area is 64.0 Å². The van der Waals surface area contributed by atoms with Crippen LogP contribution in [0.4, 0.5) is 0 Å². The van der Waals surface area contributed by atoms with Gasteiger partial charge in [0, 0.05) is 5.54 Å². The summed E-state index contributed by atoms with van der Waals surface area (Å²) in [6, 6.07) is 0. The Hall–Kier alpha value is -0.0400. The van der Waals surface area contributed by atoms with Crippen molar-refractivity contribution in [2.45, 2.75) is 45.6 Å². The molecule has 1 rings (SSSR count). The second-order valence-electron chi connectivity index (χ2n) is 4.38. The van der Waals surface area contributed by atoms with Gasteiger partial charge in [0.05, 0.1) is 0 Å². The van der Waals surface area contributed by atoms with Crippen LogP contribution in [0.1, 0.15) is 40.0 Å². The van der Waals surface area contributed by atoms with E-state index in [1.54, 1.807) is 0 Å². The monoisotopic (exact) mass is 141 g/mol. The zero-order chi connectivity index (χ0) is 7.78. The summed E-state index contributed by atoms with van der Waals surface area (Å²) in [5.41, 5.74) is 6.26. The predicted octanol–water partition coefficient (Wildman–Crippen LogP) is 2.16. The van der Waals surface area contributed by atoms with Crippen molar-refractivity contribution in [3.05, 3.63) is 0 Å². The normalized spacial score (nSPS) is 24.9. The highest BCUT2D eigenvalue weighted by molar-refractivity contribution is 4.95. The number of rotatable bonds is 3. The molecule has 0 amide bonds. The van der Waals surface area contributed by atoms with E-state index in [1.807, 2.05) is 0 Å². The topological polar surface area (TPSA) is 26.0 Å². The minimum atomic E-state index is 0.133. The molecular formula is C9H19N. The van der Waals surface area contributed by atoms with Gasteiger partial charge in [-0.25, -0.2) is 0 Å². The van der Waals surface area contributed by atoms with Crippen LogP contribution in [0.15, 0.2) is 0 Å². The molecule has 1 atom stereocenters. The number of hydrogen-bond donors (Lipinski definition) is 1. The van der Waals surface area contributed by atoms with Gasteiger partial charge in [-0.3, -0.25) is 0 Å². The summed E-state index contributed by atoms with van der Waals surface area (Å²) in [5.74, 6) is 1.57. The Morgan fingerprint density at radius 1 is 1.50 bits per heavy atom. The van der Waals surface area contributed by atoms with Gasteiger partial charge in [-0.1, -0.05) is 13.8 Å². The average Bonchev–Trinajstić information content (AvgIpc) is 2.35. The van der Waals surface area contributed by atoms with Crippen molar-refractivity contribution in [1.29, 1.82) is 0 Å². The lowest BCUT2D eigenvalue weighted by Gasteiger charge is -2.26. The largest absolute Gasteiger partial charge is 0.325 e. The fourth-order valence-corrected chi connectivity index (χ4v) is 1.79. The smallest absolute Gasteiger partial charge is 0.0156 e. The van der Waals surface area contributed by atoms with Gasteiger partial charge < -0.3 is 5.73 Å². The Bertz CT molecular complexity index is 112. The van der Waals surface area contributed by atoms with Crippen molar-refractivity contribution >= 4 is 0 Å². The molecule has 0 aromatic rings. The van der Waals surface area contributed by atoms with Crippen LogP contribution in [0, 0.1) is 11.8 Å². The Morgan fingerprint density at radius 2 is 2.00 bits per heavy atom. The van der Waals surface area contributed by atoms with Crippen molar-refractivity contribution in [3.63, 3.8) is 0 Å². The summed E-state index contributed by atoms with van der Waals surface area (Å²) in [4.78, 5) is 0. The minimum absolute atomic E-state index is 0.133. The molecule has 1 unspecified atom stereocenters. The van der Waals surface area contributed by atoms with E-state index in [0.29, 0.717) is 0 Å². The highest BCUT2D eigenvalue weighted by atomic mass is 14.8. The third kappa shape index (κ3) is 1.98.